The highest BCUT2D eigenvalue weighted by atomic mass is 32.1. The maximum Gasteiger partial charge on any atom is 0.306 e. The lowest BCUT2D eigenvalue weighted by Crippen LogP contribution is -2.28. The highest BCUT2D eigenvalue weighted by Gasteiger charge is 2.06. The van der Waals surface area contributed by atoms with Crippen LogP contribution in [0.2, 0.25) is 0 Å². The highest BCUT2D eigenvalue weighted by Crippen LogP contribution is 2.16. The number of nitrogens with one attached hydrogen (secondary N) is 1. The second kappa shape index (κ2) is 10.5. The van der Waals surface area contributed by atoms with Crippen molar-refractivity contribution in [2.24, 2.45) is 0 Å². The summed E-state index contributed by atoms with van der Waals surface area (Å²) in [5, 5.41) is 6.17. The van der Waals surface area contributed by atoms with Crippen molar-refractivity contribution in [1.29, 1.82) is 0 Å². The average Bonchev–Trinajstić information content (AvgIpc) is 2.91. The van der Waals surface area contributed by atoms with Gasteiger partial charge >= 0.3 is 5.97 Å². The van der Waals surface area contributed by atoms with Gasteiger partial charge in [0.15, 0.2) is 5.13 Å². The van der Waals surface area contributed by atoms with Crippen molar-refractivity contribution in [1.82, 2.24) is 9.88 Å². The van der Waals surface area contributed by atoms with Crippen molar-refractivity contribution < 1.29 is 14.3 Å². The number of carbonyl (C=O) groups is 1. The average molecular weight is 315 g/mol. The molecule has 1 aromatic rings. The van der Waals surface area contributed by atoms with Gasteiger partial charge in [-0.05, 0) is 14.0 Å². The molecule has 0 fully saturated rings. The van der Waals surface area contributed by atoms with Crippen LogP contribution in [0.4, 0.5) is 5.13 Å². The van der Waals surface area contributed by atoms with E-state index in [4.69, 9.17) is 9.47 Å². The zero-order chi connectivity index (χ0) is 15.5. The van der Waals surface area contributed by atoms with Crippen molar-refractivity contribution in [2.75, 3.05) is 52.3 Å². The molecule has 1 heterocycles. The summed E-state index contributed by atoms with van der Waals surface area (Å²) >= 11 is 1.57. The maximum absolute atomic E-state index is 11.3. The fourth-order valence-corrected chi connectivity index (χ4v) is 2.45. The topological polar surface area (TPSA) is 63.7 Å². The van der Waals surface area contributed by atoms with Crippen LogP contribution in [0.5, 0.6) is 0 Å². The number of methoxy groups -OCH3 is 1. The van der Waals surface area contributed by atoms with Crippen LogP contribution in [-0.2, 0) is 20.7 Å². The zero-order valence-electron chi connectivity index (χ0n) is 13.1. The van der Waals surface area contributed by atoms with E-state index in [0.29, 0.717) is 19.4 Å². The van der Waals surface area contributed by atoms with Gasteiger partial charge in [0.2, 0.25) is 0 Å². The number of esters is 1. The Balaban J connectivity index is 2.21. The summed E-state index contributed by atoms with van der Waals surface area (Å²) in [6, 6.07) is 0. The van der Waals surface area contributed by atoms with Crippen LogP contribution in [0.15, 0.2) is 5.38 Å². The summed E-state index contributed by atoms with van der Waals surface area (Å²) < 4.78 is 9.93. The summed E-state index contributed by atoms with van der Waals surface area (Å²) in [5.41, 5.74) is 0.934. The lowest BCUT2D eigenvalue weighted by atomic mass is 10.2. The molecule has 0 unspecified atom stereocenters. The van der Waals surface area contributed by atoms with E-state index in [1.54, 1.807) is 18.4 Å². The first kappa shape index (κ1) is 17.9. The van der Waals surface area contributed by atoms with Crippen molar-refractivity contribution in [3.63, 3.8) is 0 Å². The second-order valence-corrected chi connectivity index (χ2v) is 5.53. The summed E-state index contributed by atoms with van der Waals surface area (Å²) in [6.45, 7) is 5.67. The molecule has 0 aliphatic carbocycles. The number of aryl methyl sites for hydroxylation is 1. The van der Waals surface area contributed by atoms with Crippen LogP contribution < -0.4 is 5.32 Å². The minimum absolute atomic E-state index is 0.167. The van der Waals surface area contributed by atoms with Gasteiger partial charge in [-0.15, -0.1) is 11.3 Å². The summed E-state index contributed by atoms with van der Waals surface area (Å²) in [4.78, 5) is 17.9. The van der Waals surface area contributed by atoms with Crippen LogP contribution in [0.25, 0.3) is 0 Å². The van der Waals surface area contributed by atoms with Gasteiger partial charge in [-0.3, -0.25) is 4.79 Å². The third-order valence-electron chi connectivity index (χ3n) is 2.89. The molecule has 120 valence electrons. The van der Waals surface area contributed by atoms with Crippen LogP contribution in [0.1, 0.15) is 19.0 Å². The SMILES string of the molecule is CCOC(=O)CCc1csc(NCCN(C)CCOC)n1. The van der Waals surface area contributed by atoms with E-state index in [2.05, 4.69) is 22.2 Å². The van der Waals surface area contributed by atoms with Gasteiger partial charge < -0.3 is 19.7 Å². The lowest BCUT2D eigenvalue weighted by Gasteiger charge is -2.15. The molecule has 1 aromatic heterocycles. The van der Waals surface area contributed by atoms with Gasteiger partial charge in [-0.25, -0.2) is 4.98 Å². The summed E-state index contributed by atoms with van der Waals surface area (Å²) in [5.74, 6) is -0.167. The first-order valence-electron chi connectivity index (χ1n) is 7.17. The predicted molar refractivity (Wildman–Crippen MR) is 84.9 cm³/mol. The molecule has 0 saturated carbocycles. The second-order valence-electron chi connectivity index (χ2n) is 4.67. The molecule has 0 atom stereocenters. The first-order chi connectivity index (χ1) is 10.2. The molecule has 0 amide bonds. The van der Waals surface area contributed by atoms with Crippen molar-refractivity contribution in [3.8, 4) is 0 Å². The number of thiazole rings is 1. The fraction of sp³-hybridized carbons (Fsp3) is 0.714. The number of carbonyl (C=O) groups excluding carboxylic acids is 1. The van der Waals surface area contributed by atoms with E-state index in [9.17, 15) is 4.79 Å². The van der Waals surface area contributed by atoms with E-state index in [0.717, 1.165) is 37.1 Å². The van der Waals surface area contributed by atoms with Crippen LogP contribution in [0.3, 0.4) is 0 Å². The maximum atomic E-state index is 11.3. The number of likely N-dealkylation sites (N-methyl/N-ethyl adjacent to an activating group) is 1. The lowest BCUT2D eigenvalue weighted by molar-refractivity contribution is -0.143. The van der Waals surface area contributed by atoms with Gasteiger partial charge in [0, 0.05) is 38.5 Å². The Morgan fingerprint density at radius 3 is 3.00 bits per heavy atom. The fourth-order valence-electron chi connectivity index (χ4n) is 1.68. The Kier molecular flexibility index (Phi) is 8.96. The Labute approximate surface area is 130 Å². The minimum atomic E-state index is -0.167. The molecule has 7 heteroatoms. The van der Waals surface area contributed by atoms with Crippen LogP contribution in [0, 0.1) is 0 Å². The molecule has 0 saturated heterocycles. The van der Waals surface area contributed by atoms with E-state index >= 15 is 0 Å². The molecule has 0 spiro atoms. The van der Waals surface area contributed by atoms with Crippen LogP contribution >= 0.6 is 11.3 Å². The van der Waals surface area contributed by atoms with Gasteiger partial charge in [-0.2, -0.15) is 0 Å². The molecule has 0 bridgehead atoms. The molecular weight excluding hydrogens is 290 g/mol. The predicted octanol–water partition coefficient (Wildman–Crippen LogP) is 1.63. The smallest absolute Gasteiger partial charge is 0.306 e. The molecule has 1 rings (SSSR count). The molecular formula is C14H25N3O3S. The largest absolute Gasteiger partial charge is 0.466 e. The Bertz CT molecular complexity index is 412. The minimum Gasteiger partial charge on any atom is -0.466 e. The Hall–Kier alpha value is -1.18. The standard InChI is InChI=1S/C14H25N3O3S/c1-4-20-13(18)6-5-12-11-21-14(16-12)15-7-8-17(2)9-10-19-3/h11H,4-10H2,1-3H3,(H,15,16). The van der Waals surface area contributed by atoms with E-state index < -0.39 is 0 Å². The third-order valence-corrected chi connectivity index (χ3v) is 3.74. The number of hydrogen-bond donors (Lipinski definition) is 1. The number of nitrogens with zero attached hydrogens (tertiary/aromatic N) is 2. The molecule has 0 aliphatic rings. The molecule has 0 aliphatic heterocycles. The number of hydrogen-bond acceptors (Lipinski definition) is 7. The van der Waals surface area contributed by atoms with Gasteiger partial charge in [0.1, 0.15) is 0 Å². The molecule has 6 nitrogen and oxygen atoms in total. The van der Waals surface area contributed by atoms with Crippen molar-refractivity contribution in [3.05, 3.63) is 11.1 Å². The molecule has 1 N–H and O–H groups in total. The number of ether oxygens (including phenoxy) is 2. The summed E-state index contributed by atoms with van der Waals surface area (Å²) in [6.07, 6.45) is 1.02. The Morgan fingerprint density at radius 2 is 2.29 bits per heavy atom. The molecule has 0 aromatic carbocycles. The van der Waals surface area contributed by atoms with Crippen molar-refractivity contribution in [2.45, 2.75) is 19.8 Å². The quantitative estimate of drug-likeness (QED) is 0.626. The highest BCUT2D eigenvalue weighted by molar-refractivity contribution is 7.13. The third kappa shape index (κ3) is 7.99. The van der Waals surface area contributed by atoms with E-state index in [1.807, 2.05) is 12.3 Å². The van der Waals surface area contributed by atoms with Crippen molar-refractivity contribution >= 4 is 22.4 Å². The van der Waals surface area contributed by atoms with E-state index in [-0.39, 0.29) is 5.97 Å². The monoisotopic (exact) mass is 315 g/mol. The van der Waals surface area contributed by atoms with E-state index in [1.165, 1.54) is 0 Å². The van der Waals surface area contributed by atoms with Gasteiger partial charge in [-0.1, -0.05) is 0 Å². The normalized spacial score (nSPS) is 10.9. The number of rotatable bonds is 11. The first-order valence-corrected chi connectivity index (χ1v) is 8.05. The molecule has 0 radical (unpaired) electrons. The zero-order valence-corrected chi connectivity index (χ0v) is 13.9. The summed E-state index contributed by atoms with van der Waals surface area (Å²) in [7, 11) is 3.77. The van der Waals surface area contributed by atoms with Crippen LogP contribution in [-0.4, -0.2) is 62.9 Å². The number of anilines is 1. The molecule has 21 heavy (non-hydrogen) atoms. The van der Waals surface area contributed by atoms with Gasteiger partial charge in [0.25, 0.3) is 0 Å². The Morgan fingerprint density at radius 1 is 1.48 bits per heavy atom. The number of aromatic nitrogens is 1. The van der Waals surface area contributed by atoms with Gasteiger partial charge in [0.05, 0.1) is 25.3 Å².